The van der Waals surface area contributed by atoms with Gasteiger partial charge in [0, 0.05) is 5.92 Å². The van der Waals surface area contributed by atoms with Gasteiger partial charge in [-0.15, -0.1) is 0 Å². The Kier molecular flexibility index (Phi) is 5.09. The van der Waals surface area contributed by atoms with Gasteiger partial charge in [-0.05, 0) is 40.0 Å². The lowest BCUT2D eigenvalue weighted by atomic mass is 10.0. The molecule has 0 amide bonds. The van der Waals surface area contributed by atoms with Crippen molar-refractivity contribution in [3.63, 3.8) is 0 Å². The van der Waals surface area contributed by atoms with E-state index >= 15 is 0 Å². The van der Waals surface area contributed by atoms with E-state index in [4.69, 9.17) is 4.74 Å². The fraction of sp³-hybridized carbons (Fsp3) is 0.500. The Balaban J connectivity index is 2.78. The highest BCUT2D eigenvalue weighted by molar-refractivity contribution is 9.10. The molecule has 15 heavy (non-hydrogen) atoms. The summed E-state index contributed by atoms with van der Waals surface area (Å²) in [5.41, 5.74) is 0.994. The Hall–Kier alpha value is -0.570. The summed E-state index contributed by atoms with van der Waals surface area (Å²) in [5, 5.41) is 0. The minimum absolute atomic E-state index is 0.0541. The summed E-state index contributed by atoms with van der Waals surface area (Å²) >= 11 is 3.43. The summed E-state index contributed by atoms with van der Waals surface area (Å²) < 4.78 is 18.9. The Morgan fingerprint density at radius 3 is 2.73 bits per heavy atom. The van der Waals surface area contributed by atoms with Gasteiger partial charge in [-0.2, -0.15) is 0 Å². The predicted octanol–water partition coefficient (Wildman–Crippen LogP) is 4.31. The molecule has 1 nitrogen and oxygen atoms in total. The van der Waals surface area contributed by atoms with Gasteiger partial charge in [0.05, 0.1) is 17.8 Å². The topological polar surface area (TPSA) is 9.23 Å². The second-order valence-corrected chi connectivity index (χ2v) is 4.45. The standard InChI is InChI=1S/C12H16BrFO/c1-3-6-15-12-5-4-10(7-11(12)13)9(2)8-14/h4-5,7,9H,3,6,8H2,1-2H3. The third-order valence-corrected chi connectivity index (χ3v) is 2.84. The van der Waals surface area contributed by atoms with Crippen molar-refractivity contribution in [3.8, 4) is 5.75 Å². The van der Waals surface area contributed by atoms with E-state index in [1.54, 1.807) is 0 Å². The smallest absolute Gasteiger partial charge is 0.133 e. The molecule has 0 heterocycles. The number of alkyl halides is 1. The van der Waals surface area contributed by atoms with Crippen LogP contribution in [-0.2, 0) is 0 Å². The first-order valence-electron chi connectivity index (χ1n) is 5.17. The lowest BCUT2D eigenvalue weighted by Crippen LogP contribution is -1.98. The SMILES string of the molecule is CCCOc1ccc(C(C)CF)cc1Br. The minimum atomic E-state index is -0.332. The molecule has 1 rings (SSSR count). The second kappa shape index (κ2) is 6.11. The second-order valence-electron chi connectivity index (χ2n) is 3.59. The average Bonchev–Trinajstić information content (AvgIpc) is 2.26. The summed E-state index contributed by atoms with van der Waals surface area (Å²) in [6.45, 7) is 4.31. The molecular formula is C12H16BrFO. The highest BCUT2D eigenvalue weighted by Crippen LogP contribution is 2.29. The van der Waals surface area contributed by atoms with Crippen LogP contribution in [0.5, 0.6) is 5.75 Å². The van der Waals surface area contributed by atoms with E-state index in [2.05, 4.69) is 22.9 Å². The summed E-state index contributed by atoms with van der Waals surface area (Å²) in [7, 11) is 0. The maximum Gasteiger partial charge on any atom is 0.133 e. The van der Waals surface area contributed by atoms with Crippen LogP contribution in [0.15, 0.2) is 22.7 Å². The van der Waals surface area contributed by atoms with Crippen molar-refractivity contribution in [2.24, 2.45) is 0 Å². The van der Waals surface area contributed by atoms with Crippen LogP contribution in [-0.4, -0.2) is 13.3 Å². The van der Waals surface area contributed by atoms with Crippen molar-refractivity contribution in [2.75, 3.05) is 13.3 Å². The number of ether oxygens (including phenoxy) is 1. The quantitative estimate of drug-likeness (QED) is 0.778. The van der Waals surface area contributed by atoms with Gasteiger partial charge in [0.1, 0.15) is 5.75 Å². The van der Waals surface area contributed by atoms with E-state index in [0.717, 1.165) is 22.2 Å². The van der Waals surface area contributed by atoms with Crippen molar-refractivity contribution in [1.82, 2.24) is 0 Å². The number of hydrogen-bond donors (Lipinski definition) is 0. The summed E-state index contributed by atoms with van der Waals surface area (Å²) in [6.07, 6.45) is 0.981. The molecular weight excluding hydrogens is 259 g/mol. The predicted molar refractivity (Wildman–Crippen MR) is 64.3 cm³/mol. The Morgan fingerprint density at radius 2 is 2.20 bits per heavy atom. The van der Waals surface area contributed by atoms with Crippen LogP contribution in [0.3, 0.4) is 0 Å². The maximum absolute atomic E-state index is 12.5. The largest absolute Gasteiger partial charge is 0.492 e. The molecule has 84 valence electrons. The molecule has 1 unspecified atom stereocenters. The van der Waals surface area contributed by atoms with E-state index in [-0.39, 0.29) is 12.6 Å². The average molecular weight is 275 g/mol. The van der Waals surface area contributed by atoms with Crippen molar-refractivity contribution >= 4 is 15.9 Å². The van der Waals surface area contributed by atoms with E-state index in [9.17, 15) is 4.39 Å². The fourth-order valence-electron chi connectivity index (χ4n) is 1.24. The molecule has 1 aromatic rings. The van der Waals surface area contributed by atoms with E-state index < -0.39 is 0 Å². The van der Waals surface area contributed by atoms with Crippen LogP contribution < -0.4 is 4.74 Å². The lowest BCUT2D eigenvalue weighted by Gasteiger charge is -2.11. The molecule has 0 aliphatic heterocycles. The zero-order chi connectivity index (χ0) is 11.3. The molecule has 0 spiro atoms. The van der Waals surface area contributed by atoms with E-state index in [1.165, 1.54) is 0 Å². The summed E-state index contributed by atoms with van der Waals surface area (Å²) in [4.78, 5) is 0. The van der Waals surface area contributed by atoms with Crippen LogP contribution in [0.4, 0.5) is 4.39 Å². The van der Waals surface area contributed by atoms with Gasteiger partial charge >= 0.3 is 0 Å². The van der Waals surface area contributed by atoms with Crippen molar-refractivity contribution in [2.45, 2.75) is 26.2 Å². The molecule has 0 radical (unpaired) electrons. The Bertz CT molecular complexity index is 314. The third-order valence-electron chi connectivity index (χ3n) is 2.22. The van der Waals surface area contributed by atoms with Crippen molar-refractivity contribution in [1.29, 1.82) is 0 Å². The van der Waals surface area contributed by atoms with Crippen molar-refractivity contribution < 1.29 is 9.13 Å². The van der Waals surface area contributed by atoms with Gasteiger partial charge in [-0.25, -0.2) is 0 Å². The first-order chi connectivity index (χ1) is 7.19. The highest BCUT2D eigenvalue weighted by Gasteiger charge is 2.08. The van der Waals surface area contributed by atoms with Crippen LogP contribution in [0, 0.1) is 0 Å². The number of benzene rings is 1. The van der Waals surface area contributed by atoms with Gasteiger partial charge in [-0.1, -0.05) is 19.9 Å². The Morgan fingerprint density at radius 1 is 1.47 bits per heavy atom. The van der Waals surface area contributed by atoms with Crippen LogP contribution >= 0.6 is 15.9 Å². The van der Waals surface area contributed by atoms with Crippen LogP contribution in [0.25, 0.3) is 0 Å². The first-order valence-corrected chi connectivity index (χ1v) is 5.96. The molecule has 0 saturated carbocycles. The molecule has 0 aliphatic carbocycles. The molecule has 0 aromatic heterocycles. The van der Waals surface area contributed by atoms with Gasteiger partial charge < -0.3 is 4.74 Å². The zero-order valence-corrected chi connectivity index (χ0v) is 10.7. The molecule has 0 saturated heterocycles. The molecule has 0 bridgehead atoms. The minimum Gasteiger partial charge on any atom is -0.492 e. The summed E-state index contributed by atoms with van der Waals surface area (Å²) in [6, 6.07) is 5.73. The third kappa shape index (κ3) is 3.49. The molecule has 0 aliphatic rings. The van der Waals surface area contributed by atoms with E-state index in [1.807, 2.05) is 25.1 Å². The molecule has 0 N–H and O–H groups in total. The lowest BCUT2D eigenvalue weighted by molar-refractivity contribution is 0.315. The van der Waals surface area contributed by atoms with Crippen LogP contribution in [0.2, 0.25) is 0 Å². The number of rotatable bonds is 5. The number of halogens is 2. The Labute approximate surface area is 98.8 Å². The molecule has 1 aromatic carbocycles. The molecule has 3 heteroatoms. The van der Waals surface area contributed by atoms with Gasteiger partial charge in [-0.3, -0.25) is 4.39 Å². The first kappa shape index (κ1) is 12.5. The number of hydrogen-bond acceptors (Lipinski definition) is 1. The van der Waals surface area contributed by atoms with Crippen molar-refractivity contribution in [3.05, 3.63) is 28.2 Å². The van der Waals surface area contributed by atoms with Gasteiger partial charge in [0.25, 0.3) is 0 Å². The normalized spacial score (nSPS) is 12.5. The molecule has 1 atom stereocenters. The van der Waals surface area contributed by atoms with Crippen LogP contribution in [0.1, 0.15) is 31.7 Å². The fourth-order valence-corrected chi connectivity index (χ4v) is 1.75. The van der Waals surface area contributed by atoms with Gasteiger partial charge in [0.2, 0.25) is 0 Å². The zero-order valence-electron chi connectivity index (χ0n) is 9.09. The molecule has 0 fully saturated rings. The summed E-state index contributed by atoms with van der Waals surface area (Å²) in [5.74, 6) is 0.771. The highest BCUT2D eigenvalue weighted by atomic mass is 79.9. The maximum atomic E-state index is 12.5. The monoisotopic (exact) mass is 274 g/mol. The van der Waals surface area contributed by atoms with Gasteiger partial charge in [0.15, 0.2) is 0 Å². The van der Waals surface area contributed by atoms with E-state index in [0.29, 0.717) is 6.61 Å².